The first-order valence-corrected chi connectivity index (χ1v) is 5.49. The van der Waals surface area contributed by atoms with E-state index in [1.54, 1.807) is 7.11 Å². The number of hydrogen-bond acceptors (Lipinski definition) is 2. The smallest absolute Gasteiger partial charge is 0.122 e. The Bertz CT molecular complexity index is 309. The predicted molar refractivity (Wildman–Crippen MR) is 64.4 cm³/mol. The number of rotatable bonds is 5. The first kappa shape index (κ1) is 12.1. The molecule has 0 saturated carbocycles. The molecular formula is C13H21NO. The lowest BCUT2D eigenvalue weighted by atomic mass is 10.1. The van der Waals surface area contributed by atoms with Gasteiger partial charge in [0, 0.05) is 6.54 Å². The lowest BCUT2D eigenvalue weighted by Gasteiger charge is -2.16. The van der Waals surface area contributed by atoms with E-state index in [1.165, 1.54) is 17.5 Å². The maximum absolute atomic E-state index is 5.31. The first-order valence-electron chi connectivity index (χ1n) is 5.49. The van der Waals surface area contributed by atoms with E-state index in [9.17, 15) is 0 Å². The van der Waals surface area contributed by atoms with E-state index in [0.717, 1.165) is 18.8 Å². The van der Waals surface area contributed by atoms with E-state index in [4.69, 9.17) is 4.74 Å². The molecule has 0 atom stereocenters. The molecule has 0 saturated heterocycles. The van der Waals surface area contributed by atoms with Gasteiger partial charge in [-0.05, 0) is 44.1 Å². The zero-order valence-electron chi connectivity index (χ0n) is 10.2. The Labute approximate surface area is 92.9 Å². The standard InChI is InChI=1S/C13H21NO/c1-5-8-14(3)10-12-7-6-11(2)13(9-12)15-4/h6-7,9H,5,8,10H2,1-4H3. The molecule has 0 aliphatic carbocycles. The number of ether oxygens (including phenoxy) is 1. The summed E-state index contributed by atoms with van der Waals surface area (Å²) in [6, 6.07) is 6.42. The zero-order chi connectivity index (χ0) is 11.3. The minimum atomic E-state index is 0.984. The van der Waals surface area contributed by atoms with Gasteiger partial charge in [0.25, 0.3) is 0 Å². The van der Waals surface area contributed by atoms with E-state index >= 15 is 0 Å². The fraction of sp³-hybridized carbons (Fsp3) is 0.538. The second-order valence-corrected chi connectivity index (χ2v) is 4.04. The van der Waals surface area contributed by atoms with Crippen LogP contribution in [-0.2, 0) is 6.54 Å². The highest BCUT2D eigenvalue weighted by molar-refractivity contribution is 5.36. The monoisotopic (exact) mass is 207 g/mol. The van der Waals surface area contributed by atoms with Crippen LogP contribution in [0.4, 0.5) is 0 Å². The fourth-order valence-corrected chi connectivity index (χ4v) is 1.74. The van der Waals surface area contributed by atoms with E-state index in [1.807, 2.05) is 0 Å². The van der Waals surface area contributed by atoms with E-state index in [0.29, 0.717) is 0 Å². The predicted octanol–water partition coefficient (Wildman–Crippen LogP) is 2.85. The van der Waals surface area contributed by atoms with Crippen LogP contribution in [0.2, 0.25) is 0 Å². The van der Waals surface area contributed by atoms with E-state index in [-0.39, 0.29) is 0 Å². The maximum Gasteiger partial charge on any atom is 0.122 e. The Morgan fingerprint density at radius 3 is 2.67 bits per heavy atom. The Morgan fingerprint density at radius 1 is 1.33 bits per heavy atom. The Kier molecular flexibility index (Phi) is 4.63. The SMILES string of the molecule is CCCN(C)Cc1ccc(C)c(OC)c1. The zero-order valence-corrected chi connectivity index (χ0v) is 10.2. The lowest BCUT2D eigenvalue weighted by molar-refractivity contribution is 0.326. The third-order valence-electron chi connectivity index (χ3n) is 2.53. The molecule has 0 amide bonds. The van der Waals surface area contributed by atoms with Gasteiger partial charge in [0.05, 0.1) is 7.11 Å². The Morgan fingerprint density at radius 2 is 2.07 bits per heavy atom. The van der Waals surface area contributed by atoms with Crippen molar-refractivity contribution in [2.45, 2.75) is 26.8 Å². The first-order chi connectivity index (χ1) is 7.17. The quantitative estimate of drug-likeness (QED) is 0.736. The van der Waals surface area contributed by atoms with Crippen molar-refractivity contribution < 1.29 is 4.74 Å². The van der Waals surface area contributed by atoms with Crippen LogP contribution in [0.5, 0.6) is 5.75 Å². The third kappa shape index (κ3) is 3.56. The van der Waals surface area contributed by atoms with Crippen LogP contribution in [0.15, 0.2) is 18.2 Å². The molecule has 1 aromatic carbocycles. The molecule has 0 radical (unpaired) electrons. The fourth-order valence-electron chi connectivity index (χ4n) is 1.74. The molecule has 0 aliphatic rings. The van der Waals surface area contributed by atoms with Crippen molar-refractivity contribution >= 4 is 0 Å². The average Bonchev–Trinajstić information content (AvgIpc) is 2.21. The van der Waals surface area contributed by atoms with Gasteiger partial charge in [-0.1, -0.05) is 19.1 Å². The summed E-state index contributed by atoms with van der Waals surface area (Å²) >= 11 is 0. The topological polar surface area (TPSA) is 12.5 Å². The number of aryl methyl sites for hydroxylation is 1. The lowest BCUT2D eigenvalue weighted by Crippen LogP contribution is -2.18. The van der Waals surface area contributed by atoms with Crippen LogP contribution in [0.1, 0.15) is 24.5 Å². The van der Waals surface area contributed by atoms with Gasteiger partial charge >= 0.3 is 0 Å². The number of benzene rings is 1. The molecule has 2 heteroatoms. The van der Waals surface area contributed by atoms with Crippen molar-refractivity contribution in [1.82, 2.24) is 4.90 Å². The molecule has 0 aromatic heterocycles. The Balaban J connectivity index is 2.69. The summed E-state index contributed by atoms with van der Waals surface area (Å²) in [5.74, 6) is 0.984. The second kappa shape index (κ2) is 5.76. The molecule has 0 N–H and O–H groups in total. The van der Waals surface area contributed by atoms with Crippen LogP contribution < -0.4 is 4.74 Å². The third-order valence-corrected chi connectivity index (χ3v) is 2.53. The molecule has 0 aliphatic heterocycles. The van der Waals surface area contributed by atoms with Crippen molar-refractivity contribution in [1.29, 1.82) is 0 Å². The summed E-state index contributed by atoms with van der Waals surface area (Å²) in [7, 11) is 3.87. The normalized spacial score (nSPS) is 10.7. The van der Waals surface area contributed by atoms with Gasteiger partial charge in [0.15, 0.2) is 0 Å². The van der Waals surface area contributed by atoms with Crippen LogP contribution in [-0.4, -0.2) is 25.6 Å². The maximum atomic E-state index is 5.31. The van der Waals surface area contributed by atoms with Crippen molar-refractivity contribution in [2.24, 2.45) is 0 Å². The molecule has 2 nitrogen and oxygen atoms in total. The summed E-state index contributed by atoms with van der Waals surface area (Å²) in [4.78, 5) is 2.32. The summed E-state index contributed by atoms with van der Waals surface area (Å²) < 4.78 is 5.31. The largest absolute Gasteiger partial charge is 0.496 e. The van der Waals surface area contributed by atoms with Crippen LogP contribution in [0.3, 0.4) is 0 Å². The summed E-state index contributed by atoms with van der Waals surface area (Å²) in [6.45, 7) is 6.39. The van der Waals surface area contributed by atoms with Gasteiger partial charge < -0.3 is 9.64 Å². The molecule has 0 fully saturated rings. The molecular weight excluding hydrogens is 186 g/mol. The summed E-state index contributed by atoms with van der Waals surface area (Å²) in [5.41, 5.74) is 2.51. The van der Waals surface area contributed by atoms with Gasteiger partial charge in [-0.2, -0.15) is 0 Å². The van der Waals surface area contributed by atoms with Gasteiger partial charge in [0.1, 0.15) is 5.75 Å². The highest BCUT2D eigenvalue weighted by Gasteiger charge is 2.02. The highest BCUT2D eigenvalue weighted by Crippen LogP contribution is 2.19. The molecule has 0 spiro atoms. The molecule has 0 heterocycles. The molecule has 1 aromatic rings. The molecule has 0 unspecified atom stereocenters. The van der Waals surface area contributed by atoms with Crippen LogP contribution >= 0.6 is 0 Å². The number of hydrogen-bond donors (Lipinski definition) is 0. The van der Waals surface area contributed by atoms with Gasteiger partial charge in [0.2, 0.25) is 0 Å². The van der Waals surface area contributed by atoms with Crippen molar-refractivity contribution in [3.05, 3.63) is 29.3 Å². The molecule has 0 bridgehead atoms. The Hall–Kier alpha value is -1.02. The molecule has 15 heavy (non-hydrogen) atoms. The van der Waals surface area contributed by atoms with E-state index < -0.39 is 0 Å². The number of nitrogens with zero attached hydrogens (tertiary/aromatic N) is 1. The molecule has 1 rings (SSSR count). The van der Waals surface area contributed by atoms with Crippen molar-refractivity contribution in [3.8, 4) is 5.75 Å². The minimum Gasteiger partial charge on any atom is -0.496 e. The average molecular weight is 207 g/mol. The van der Waals surface area contributed by atoms with Gasteiger partial charge in [-0.25, -0.2) is 0 Å². The van der Waals surface area contributed by atoms with Crippen LogP contribution in [0, 0.1) is 6.92 Å². The van der Waals surface area contributed by atoms with Crippen molar-refractivity contribution in [2.75, 3.05) is 20.7 Å². The van der Waals surface area contributed by atoms with Gasteiger partial charge in [-0.3, -0.25) is 0 Å². The highest BCUT2D eigenvalue weighted by atomic mass is 16.5. The minimum absolute atomic E-state index is 0.984. The van der Waals surface area contributed by atoms with E-state index in [2.05, 4.69) is 44.0 Å². The summed E-state index contributed by atoms with van der Waals surface area (Å²) in [5, 5.41) is 0. The van der Waals surface area contributed by atoms with Gasteiger partial charge in [-0.15, -0.1) is 0 Å². The van der Waals surface area contributed by atoms with Crippen molar-refractivity contribution in [3.63, 3.8) is 0 Å². The van der Waals surface area contributed by atoms with Crippen LogP contribution in [0.25, 0.3) is 0 Å². The second-order valence-electron chi connectivity index (χ2n) is 4.04. The molecule has 84 valence electrons. The number of methoxy groups -OCH3 is 1. The summed E-state index contributed by atoms with van der Waals surface area (Å²) in [6.07, 6.45) is 1.19.